The first-order chi connectivity index (χ1) is 15.0. The molecule has 1 atom stereocenters. The van der Waals surface area contributed by atoms with Crippen molar-refractivity contribution in [3.05, 3.63) is 70.6 Å². The first-order valence-corrected chi connectivity index (χ1v) is 13.6. The third-order valence-corrected chi connectivity index (χ3v) is 8.83. The van der Waals surface area contributed by atoms with Crippen molar-refractivity contribution in [2.75, 3.05) is 23.7 Å². The molecule has 1 amide bonds. The van der Waals surface area contributed by atoms with Gasteiger partial charge in [-0.15, -0.1) is 0 Å². The molecular formula is C23H28N2O5S2. The third-order valence-electron chi connectivity index (χ3n) is 5.39. The van der Waals surface area contributed by atoms with Gasteiger partial charge in [-0.25, -0.2) is 16.8 Å². The number of benzene rings is 2. The van der Waals surface area contributed by atoms with Crippen LogP contribution in [0.25, 0.3) is 0 Å². The zero-order chi connectivity index (χ0) is 23.7. The molecule has 1 aliphatic rings. The second kappa shape index (κ2) is 9.17. The highest BCUT2D eigenvalue weighted by Crippen LogP contribution is 2.27. The van der Waals surface area contributed by atoms with Gasteiger partial charge in [0.2, 0.25) is 10.0 Å². The minimum absolute atomic E-state index is 0.110. The average molecular weight is 477 g/mol. The topological polar surface area (TPSA) is 91.8 Å². The Hall–Kier alpha value is -2.49. The van der Waals surface area contributed by atoms with E-state index in [9.17, 15) is 21.6 Å². The number of carbonyl (C=O) groups is 1. The van der Waals surface area contributed by atoms with Gasteiger partial charge in [0, 0.05) is 29.7 Å². The third kappa shape index (κ3) is 4.95. The lowest BCUT2D eigenvalue weighted by molar-refractivity contribution is 0.0983. The van der Waals surface area contributed by atoms with Crippen LogP contribution in [-0.4, -0.2) is 51.9 Å². The van der Waals surface area contributed by atoms with Crippen LogP contribution in [0.15, 0.2) is 58.8 Å². The van der Waals surface area contributed by atoms with Gasteiger partial charge in [-0.1, -0.05) is 19.9 Å². The first-order valence-electron chi connectivity index (χ1n) is 10.4. The Morgan fingerprint density at radius 2 is 1.56 bits per heavy atom. The normalized spacial score (nSPS) is 17.6. The fourth-order valence-electron chi connectivity index (χ4n) is 3.89. The van der Waals surface area contributed by atoms with Crippen molar-refractivity contribution in [2.45, 2.75) is 38.6 Å². The van der Waals surface area contributed by atoms with E-state index in [1.807, 2.05) is 32.0 Å². The van der Waals surface area contributed by atoms with Crippen LogP contribution in [0.2, 0.25) is 0 Å². The van der Waals surface area contributed by atoms with E-state index in [0.717, 1.165) is 16.5 Å². The Kier molecular flexibility index (Phi) is 6.92. The van der Waals surface area contributed by atoms with Gasteiger partial charge in [-0.3, -0.25) is 4.79 Å². The minimum atomic E-state index is -3.64. The summed E-state index contributed by atoms with van der Waals surface area (Å²) in [5.74, 6) is -0.589. The number of nitrogens with zero attached hydrogens (tertiary/aromatic N) is 2. The highest BCUT2D eigenvalue weighted by Gasteiger charge is 2.32. The zero-order valence-electron chi connectivity index (χ0n) is 18.6. The van der Waals surface area contributed by atoms with E-state index in [0.29, 0.717) is 18.8 Å². The smallest absolute Gasteiger partial charge is 0.258 e. The highest BCUT2D eigenvalue weighted by atomic mass is 32.2. The summed E-state index contributed by atoms with van der Waals surface area (Å²) in [6, 6.07) is 10.8. The molecule has 0 spiro atoms. The molecule has 0 aromatic heterocycles. The average Bonchev–Trinajstić information content (AvgIpc) is 3.07. The van der Waals surface area contributed by atoms with Gasteiger partial charge in [0.15, 0.2) is 9.84 Å². The quantitative estimate of drug-likeness (QED) is 0.612. The van der Waals surface area contributed by atoms with Crippen LogP contribution in [0.4, 0.5) is 5.69 Å². The zero-order valence-corrected chi connectivity index (χ0v) is 20.3. The Morgan fingerprint density at radius 3 is 2.03 bits per heavy atom. The van der Waals surface area contributed by atoms with Crippen molar-refractivity contribution >= 4 is 31.5 Å². The molecule has 32 heavy (non-hydrogen) atoms. The summed E-state index contributed by atoms with van der Waals surface area (Å²) in [4.78, 5) is 15.1. The van der Waals surface area contributed by atoms with Gasteiger partial charge in [-0.05, 0) is 67.4 Å². The number of hydrogen-bond acceptors (Lipinski definition) is 5. The molecule has 3 rings (SSSR count). The lowest BCUT2D eigenvalue weighted by Crippen LogP contribution is -2.41. The van der Waals surface area contributed by atoms with Crippen molar-refractivity contribution in [1.29, 1.82) is 0 Å². The van der Waals surface area contributed by atoms with E-state index in [1.54, 1.807) is 13.8 Å². The van der Waals surface area contributed by atoms with Gasteiger partial charge in [0.25, 0.3) is 5.91 Å². The molecule has 0 bridgehead atoms. The number of sulfone groups is 1. The molecule has 9 heteroatoms. The molecule has 0 saturated heterocycles. The monoisotopic (exact) mass is 476 g/mol. The number of amides is 1. The molecule has 7 nitrogen and oxygen atoms in total. The standard InChI is InChI=1S/C23H28N2O5S2/c1-5-24(6-2)32(29,30)22-9-7-19(8-10-22)23(26)25(20-11-12-31(27,28)16-20)21-14-17(3)13-18(4)15-21/h7-15,20H,5-6,16H2,1-4H3/t20-/m1/s1. The second-order valence-corrected chi connectivity index (χ2v) is 11.7. The summed E-state index contributed by atoms with van der Waals surface area (Å²) in [5, 5.41) is 1.14. The molecule has 0 unspecified atom stereocenters. The SMILES string of the molecule is CCN(CC)S(=O)(=O)c1ccc(C(=O)N(c2cc(C)cc(C)c2)[C@@H]2C=CS(=O)(=O)C2)cc1. The number of rotatable bonds is 7. The van der Waals surface area contributed by atoms with Gasteiger partial charge in [0.05, 0.1) is 16.7 Å². The number of sulfonamides is 1. The summed E-state index contributed by atoms with van der Waals surface area (Å²) < 4.78 is 50.9. The predicted molar refractivity (Wildman–Crippen MR) is 126 cm³/mol. The number of anilines is 1. The Bertz CT molecular complexity index is 1230. The summed E-state index contributed by atoms with van der Waals surface area (Å²) >= 11 is 0. The van der Waals surface area contributed by atoms with Crippen LogP contribution in [0, 0.1) is 13.8 Å². The second-order valence-electron chi connectivity index (χ2n) is 7.86. The lowest BCUT2D eigenvalue weighted by atomic mass is 10.1. The molecule has 1 heterocycles. The van der Waals surface area contributed by atoms with Crippen LogP contribution in [0.1, 0.15) is 35.3 Å². The van der Waals surface area contributed by atoms with Crippen molar-refractivity contribution in [3.63, 3.8) is 0 Å². The molecule has 0 fully saturated rings. The van der Waals surface area contributed by atoms with E-state index < -0.39 is 31.8 Å². The highest BCUT2D eigenvalue weighted by molar-refractivity contribution is 7.94. The van der Waals surface area contributed by atoms with Crippen molar-refractivity contribution in [1.82, 2.24) is 4.31 Å². The molecule has 172 valence electrons. The molecule has 0 N–H and O–H groups in total. The maximum Gasteiger partial charge on any atom is 0.258 e. The maximum absolute atomic E-state index is 13.5. The molecular weight excluding hydrogens is 448 g/mol. The van der Waals surface area contributed by atoms with E-state index in [1.165, 1.54) is 39.5 Å². The van der Waals surface area contributed by atoms with Gasteiger partial charge < -0.3 is 4.90 Å². The minimum Gasteiger partial charge on any atom is -0.300 e. The number of aryl methyl sites for hydroxylation is 2. The maximum atomic E-state index is 13.5. The largest absolute Gasteiger partial charge is 0.300 e. The van der Waals surface area contributed by atoms with Crippen LogP contribution in [-0.2, 0) is 19.9 Å². The van der Waals surface area contributed by atoms with E-state index in [-0.39, 0.29) is 16.2 Å². The van der Waals surface area contributed by atoms with Gasteiger partial charge in [-0.2, -0.15) is 4.31 Å². The Morgan fingerprint density at radius 1 is 1.00 bits per heavy atom. The lowest BCUT2D eigenvalue weighted by Gasteiger charge is -2.28. The van der Waals surface area contributed by atoms with Crippen molar-refractivity contribution in [2.24, 2.45) is 0 Å². The fourth-order valence-corrected chi connectivity index (χ4v) is 6.62. The fraction of sp³-hybridized carbons (Fsp3) is 0.348. The number of carbonyl (C=O) groups excluding carboxylic acids is 1. The van der Waals surface area contributed by atoms with Crippen molar-refractivity contribution in [3.8, 4) is 0 Å². The summed E-state index contributed by atoms with van der Waals surface area (Å²) in [5.41, 5.74) is 2.77. The number of hydrogen-bond donors (Lipinski definition) is 0. The van der Waals surface area contributed by atoms with E-state index in [2.05, 4.69) is 0 Å². The van der Waals surface area contributed by atoms with Crippen LogP contribution >= 0.6 is 0 Å². The van der Waals surface area contributed by atoms with Crippen LogP contribution < -0.4 is 4.90 Å². The van der Waals surface area contributed by atoms with Gasteiger partial charge >= 0.3 is 0 Å². The van der Waals surface area contributed by atoms with Crippen LogP contribution in [0.5, 0.6) is 0 Å². The summed E-state index contributed by atoms with van der Waals surface area (Å²) in [7, 11) is -7.03. The molecule has 1 aliphatic heterocycles. The molecule has 2 aromatic rings. The van der Waals surface area contributed by atoms with E-state index in [4.69, 9.17) is 0 Å². The Labute approximate surface area is 190 Å². The van der Waals surface area contributed by atoms with E-state index >= 15 is 0 Å². The Balaban J connectivity index is 2.01. The molecule has 0 saturated carbocycles. The van der Waals surface area contributed by atoms with Gasteiger partial charge in [0.1, 0.15) is 0 Å². The summed E-state index contributed by atoms with van der Waals surface area (Å²) in [6.45, 7) is 8.05. The predicted octanol–water partition coefficient (Wildman–Crippen LogP) is 3.29. The molecule has 0 aliphatic carbocycles. The summed E-state index contributed by atoms with van der Waals surface area (Å²) in [6.07, 6.45) is 1.52. The molecule has 2 aromatic carbocycles. The van der Waals surface area contributed by atoms with Crippen molar-refractivity contribution < 1.29 is 21.6 Å². The van der Waals surface area contributed by atoms with Crippen LogP contribution in [0.3, 0.4) is 0 Å². The first kappa shape index (κ1) is 24.2. The molecule has 0 radical (unpaired) electrons.